The Balaban J connectivity index is 2.78. The summed E-state index contributed by atoms with van der Waals surface area (Å²) >= 11 is 0. The quantitative estimate of drug-likeness (QED) is 0.839. The van der Waals surface area contributed by atoms with Crippen molar-refractivity contribution in [2.24, 2.45) is 11.7 Å². The van der Waals surface area contributed by atoms with E-state index in [-0.39, 0.29) is 10.6 Å². The van der Waals surface area contributed by atoms with Gasteiger partial charge < -0.3 is 5.73 Å². The second kappa shape index (κ2) is 5.02. The first-order chi connectivity index (χ1) is 7.02. The van der Waals surface area contributed by atoms with E-state index in [1.807, 2.05) is 0 Å². The smallest absolute Gasteiger partial charge is 0.221 e. The van der Waals surface area contributed by atoms with Crippen LogP contribution in [-0.2, 0) is 15.6 Å². The Bertz CT molecular complexity index is 395. The van der Waals surface area contributed by atoms with Crippen molar-refractivity contribution in [1.82, 2.24) is 0 Å². The van der Waals surface area contributed by atoms with Crippen molar-refractivity contribution < 1.29 is 13.4 Å². The molecule has 0 saturated carbocycles. The predicted octanol–water partition coefficient (Wildman–Crippen LogP) is 1.05. The molecule has 0 aliphatic rings. The van der Waals surface area contributed by atoms with Crippen LogP contribution < -0.4 is 5.73 Å². The molecule has 3 nitrogen and oxygen atoms in total. The number of carbonyl (C=O) groups is 1. The molecule has 0 radical (unpaired) electrons. The van der Waals surface area contributed by atoms with Gasteiger partial charge in [0, 0.05) is 11.7 Å². The minimum absolute atomic E-state index is 0.0519. The summed E-state index contributed by atoms with van der Waals surface area (Å²) in [5.41, 5.74) is 5.03. The SMILES string of the molecule is CC(CS(=O)c1ccccc1F)C(N)=O. The van der Waals surface area contributed by atoms with Crippen molar-refractivity contribution in [2.45, 2.75) is 11.8 Å². The highest BCUT2D eigenvalue weighted by Crippen LogP contribution is 2.13. The zero-order valence-electron chi connectivity index (χ0n) is 8.27. The van der Waals surface area contributed by atoms with Crippen LogP contribution in [-0.4, -0.2) is 15.9 Å². The minimum atomic E-state index is -1.52. The average molecular weight is 229 g/mol. The van der Waals surface area contributed by atoms with E-state index >= 15 is 0 Å². The van der Waals surface area contributed by atoms with E-state index in [0.29, 0.717) is 0 Å². The van der Waals surface area contributed by atoms with Crippen LogP contribution in [0.2, 0.25) is 0 Å². The van der Waals surface area contributed by atoms with E-state index in [1.165, 1.54) is 18.2 Å². The zero-order valence-corrected chi connectivity index (χ0v) is 9.09. The number of benzene rings is 1. The molecular weight excluding hydrogens is 217 g/mol. The fourth-order valence-electron chi connectivity index (χ4n) is 1.03. The lowest BCUT2D eigenvalue weighted by atomic mass is 10.2. The van der Waals surface area contributed by atoms with Gasteiger partial charge >= 0.3 is 0 Å². The zero-order chi connectivity index (χ0) is 11.4. The Morgan fingerprint density at radius 2 is 2.13 bits per heavy atom. The van der Waals surface area contributed by atoms with Crippen molar-refractivity contribution in [3.05, 3.63) is 30.1 Å². The summed E-state index contributed by atoms with van der Waals surface area (Å²) in [7, 11) is -1.52. The van der Waals surface area contributed by atoms with Crippen LogP contribution >= 0.6 is 0 Å². The fourth-order valence-corrected chi connectivity index (χ4v) is 2.34. The van der Waals surface area contributed by atoms with Gasteiger partial charge in [-0.1, -0.05) is 19.1 Å². The van der Waals surface area contributed by atoms with Crippen molar-refractivity contribution in [1.29, 1.82) is 0 Å². The topological polar surface area (TPSA) is 60.2 Å². The lowest BCUT2D eigenvalue weighted by Crippen LogP contribution is -2.25. The van der Waals surface area contributed by atoms with Crippen molar-refractivity contribution in [2.75, 3.05) is 5.75 Å². The van der Waals surface area contributed by atoms with E-state index in [1.54, 1.807) is 13.0 Å². The average Bonchev–Trinajstić information content (AvgIpc) is 2.18. The molecule has 0 aromatic heterocycles. The third-order valence-electron chi connectivity index (χ3n) is 1.97. The first kappa shape index (κ1) is 11.8. The van der Waals surface area contributed by atoms with Crippen molar-refractivity contribution in [3.8, 4) is 0 Å². The van der Waals surface area contributed by atoms with E-state index < -0.39 is 28.4 Å². The molecule has 5 heteroatoms. The Kier molecular flexibility index (Phi) is 3.96. The summed E-state index contributed by atoms with van der Waals surface area (Å²) in [6.07, 6.45) is 0. The lowest BCUT2D eigenvalue weighted by molar-refractivity contribution is -0.120. The summed E-state index contributed by atoms with van der Waals surface area (Å²) in [6.45, 7) is 1.57. The first-order valence-electron chi connectivity index (χ1n) is 4.44. The van der Waals surface area contributed by atoms with Gasteiger partial charge in [-0.3, -0.25) is 9.00 Å². The third-order valence-corrected chi connectivity index (χ3v) is 3.59. The van der Waals surface area contributed by atoms with Gasteiger partial charge in [-0.15, -0.1) is 0 Å². The summed E-state index contributed by atoms with van der Waals surface area (Å²) in [5, 5.41) is 0. The highest BCUT2D eigenvalue weighted by Gasteiger charge is 2.16. The molecule has 2 atom stereocenters. The molecule has 2 unspecified atom stereocenters. The molecule has 1 rings (SSSR count). The maximum atomic E-state index is 13.2. The van der Waals surface area contributed by atoms with Crippen LogP contribution in [0.1, 0.15) is 6.92 Å². The van der Waals surface area contributed by atoms with E-state index in [4.69, 9.17) is 5.73 Å². The molecule has 0 aliphatic carbocycles. The maximum absolute atomic E-state index is 13.2. The molecule has 82 valence electrons. The summed E-state index contributed by atoms with van der Waals surface area (Å²) in [4.78, 5) is 10.9. The van der Waals surface area contributed by atoms with E-state index in [0.717, 1.165) is 0 Å². The second-order valence-electron chi connectivity index (χ2n) is 3.25. The molecule has 1 aromatic rings. The highest BCUT2D eigenvalue weighted by atomic mass is 32.2. The number of halogens is 1. The minimum Gasteiger partial charge on any atom is -0.369 e. The number of hydrogen-bond donors (Lipinski definition) is 1. The highest BCUT2D eigenvalue weighted by molar-refractivity contribution is 7.85. The third kappa shape index (κ3) is 3.13. The van der Waals surface area contributed by atoms with Crippen LogP contribution in [0, 0.1) is 11.7 Å². The Morgan fingerprint density at radius 1 is 1.53 bits per heavy atom. The normalized spacial score (nSPS) is 14.5. The number of primary amides is 1. The van der Waals surface area contributed by atoms with Gasteiger partial charge in [-0.05, 0) is 12.1 Å². The van der Waals surface area contributed by atoms with Gasteiger partial charge in [-0.2, -0.15) is 0 Å². The molecule has 0 aliphatic heterocycles. The van der Waals surface area contributed by atoms with Crippen LogP contribution in [0.4, 0.5) is 4.39 Å². The maximum Gasteiger partial charge on any atom is 0.221 e. The molecular formula is C10H12FNO2S. The lowest BCUT2D eigenvalue weighted by Gasteiger charge is -2.07. The number of hydrogen-bond acceptors (Lipinski definition) is 2. The van der Waals surface area contributed by atoms with Crippen LogP contribution in [0.3, 0.4) is 0 Å². The number of nitrogens with two attached hydrogens (primary N) is 1. The predicted molar refractivity (Wildman–Crippen MR) is 56.0 cm³/mol. The Hall–Kier alpha value is -1.23. The number of rotatable bonds is 4. The molecule has 0 bridgehead atoms. The fraction of sp³-hybridized carbons (Fsp3) is 0.300. The first-order valence-corrected chi connectivity index (χ1v) is 5.76. The molecule has 0 spiro atoms. The second-order valence-corrected chi connectivity index (χ2v) is 4.71. The molecule has 0 saturated heterocycles. The summed E-state index contributed by atoms with van der Waals surface area (Å²) in [6, 6.07) is 5.81. The van der Waals surface area contributed by atoms with Gasteiger partial charge in [0.25, 0.3) is 0 Å². The number of carbonyl (C=O) groups excluding carboxylic acids is 1. The number of amides is 1. The van der Waals surface area contributed by atoms with Gasteiger partial charge in [0.15, 0.2) is 0 Å². The summed E-state index contributed by atoms with van der Waals surface area (Å²) < 4.78 is 24.8. The largest absolute Gasteiger partial charge is 0.369 e. The van der Waals surface area contributed by atoms with E-state index in [9.17, 15) is 13.4 Å². The van der Waals surface area contributed by atoms with Crippen molar-refractivity contribution in [3.63, 3.8) is 0 Å². The molecule has 15 heavy (non-hydrogen) atoms. The van der Waals surface area contributed by atoms with Gasteiger partial charge in [0.1, 0.15) is 5.82 Å². The van der Waals surface area contributed by atoms with Gasteiger partial charge in [0.2, 0.25) is 5.91 Å². The van der Waals surface area contributed by atoms with Crippen LogP contribution in [0.25, 0.3) is 0 Å². The molecule has 2 N–H and O–H groups in total. The van der Waals surface area contributed by atoms with Crippen molar-refractivity contribution >= 4 is 16.7 Å². The Labute approximate surface area is 89.9 Å². The van der Waals surface area contributed by atoms with E-state index in [2.05, 4.69) is 0 Å². The molecule has 1 aromatic carbocycles. The Morgan fingerprint density at radius 3 is 2.67 bits per heavy atom. The van der Waals surface area contributed by atoms with Gasteiger partial charge in [-0.25, -0.2) is 4.39 Å². The molecule has 0 fully saturated rings. The van der Waals surface area contributed by atoms with Crippen LogP contribution in [0.5, 0.6) is 0 Å². The molecule has 1 amide bonds. The summed E-state index contributed by atoms with van der Waals surface area (Å²) in [5.74, 6) is -1.52. The molecule has 0 heterocycles. The van der Waals surface area contributed by atoms with Gasteiger partial charge in [0.05, 0.1) is 15.7 Å². The standard InChI is InChI=1S/C10H12FNO2S/c1-7(10(12)13)6-15(14)9-5-3-2-4-8(9)11/h2-5,7H,6H2,1H3,(H2,12,13). The monoisotopic (exact) mass is 229 g/mol. The van der Waals surface area contributed by atoms with Crippen LogP contribution in [0.15, 0.2) is 29.2 Å².